The van der Waals surface area contributed by atoms with E-state index in [2.05, 4.69) is 19.9 Å². The van der Waals surface area contributed by atoms with E-state index >= 15 is 0 Å². The molecule has 0 aromatic carbocycles. The van der Waals surface area contributed by atoms with Crippen molar-refractivity contribution in [2.75, 3.05) is 19.7 Å². The average molecular weight is 252 g/mol. The third-order valence-electron chi connectivity index (χ3n) is 3.77. The summed E-state index contributed by atoms with van der Waals surface area (Å²) in [5, 5.41) is 9.20. The molecule has 1 aliphatic rings. The molecular formula is C14H24N2O2. The van der Waals surface area contributed by atoms with Crippen molar-refractivity contribution in [2.45, 2.75) is 52.1 Å². The fraction of sp³-hybridized carbons (Fsp3) is 0.857. The van der Waals surface area contributed by atoms with Gasteiger partial charge in [-0.15, -0.1) is 0 Å². The summed E-state index contributed by atoms with van der Waals surface area (Å²) < 4.78 is 5.55. The van der Waals surface area contributed by atoms with Gasteiger partial charge in [-0.25, -0.2) is 0 Å². The van der Waals surface area contributed by atoms with E-state index in [1.807, 2.05) is 11.8 Å². The zero-order valence-corrected chi connectivity index (χ0v) is 11.7. The highest BCUT2D eigenvalue weighted by Gasteiger charge is 2.36. The molecule has 4 heteroatoms. The molecule has 1 aliphatic heterocycles. The van der Waals surface area contributed by atoms with E-state index < -0.39 is 5.60 Å². The molecule has 0 N–H and O–H groups in total. The maximum absolute atomic E-state index is 12.0. The van der Waals surface area contributed by atoms with E-state index in [-0.39, 0.29) is 5.91 Å². The standard InChI is InChI=1S/C14H24N2O2/c1-4-12(3)10-13(17)16-8-6-14(11-15,7-9-16)18-5-2/h12H,4-10H2,1-3H3. The maximum Gasteiger partial charge on any atom is 0.222 e. The Morgan fingerprint density at radius 3 is 2.50 bits per heavy atom. The highest BCUT2D eigenvalue weighted by Crippen LogP contribution is 2.26. The smallest absolute Gasteiger partial charge is 0.222 e. The second kappa shape index (κ2) is 6.75. The summed E-state index contributed by atoms with van der Waals surface area (Å²) in [6, 6.07) is 2.27. The van der Waals surface area contributed by atoms with Gasteiger partial charge in [0, 0.05) is 39.0 Å². The van der Waals surface area contributed by atoms with Crippen molar-refractivity contribution >= 4 is 5.91 Å². The number of ether oxygens (including phenoxy) is 1. The number of likely N-dealkylation sites (tertiary alicyclic amines) is 1. The van der Waals surface area contributed by atoms with Crippen molar-refractivity contribution in [3.05, 3.63) is 0 Å². The van der Waals surface area contributed by atoms with E-state index in [9.17, 15) is 10.1 Å². The number of carbonyl (C=O) groups is 1. The molecule has 0 aliphatic carbocycles. The molecule has 1 atom stereocenters. The lowest BCUT2D eigenvalue weighted by molar-refractivity contribution is -0.136. The summed E-state index contributed by atoms with van der Waals surface area (Å²) in [5.41, 5.74) is -0.665. The Hall–Kier alpha value is -1.08. The molecule has 4 nitrogen and oxygen atoms in total. The third-order valence-corrected chi connectivity index (χ3v) is 3.77. The van der Waals surface area contributed by atoms with Crippen LogP contribution in [-0.4, -0.2) is 36.1 Å². The SMILES string of the molecule is CCOC1(C#N)CCN(C(=O)CC(C)CC)CC1. The van der Waals surface area contributed by atoms with Crippen LogP contribution in [0.15, 0.2) is 0 Å². The van der Waals surface area contributed by atoms with Crippen LogP contribution in [0, 0.1) is 17.2 Å². The zero-order chi connectivity index (χ0) is 13.6. The van der Waals surface area contributed by atoms with E-state index in [4.69, 9.17) is 4.74 Å². The van der Waals surface area contributed by atoms with Crippen LogP contribution in [0.4, 0.5) is 0 Å². The molecule has 1 saturated heterocycles. The second-order valence-corrected chi connectivity index (χ2v) is 5.14. The van der Waals surface area contributed by atoms with Crippen LogP contribution in [0.1, 0.15) is 46.5 Å². The molecular weight excluding hydrogens is 228 g/mol. The number of piperidine rings is 1. The lowest BCUT2D eigenvalue weighted by atomic mass is 9.92. The molecule has 1 rings (SSSR count). The van der Waals surface area contributed by atoms with Crippen molar-refractivity contribution in [2.24, 2.45) is 5.92 Å². The fourth-order valence-electron chi connectivity index (χ4n) is 2.25. The Morgan fingerprint density at radius 1 is 1.44 bits per heavy atom. The van der Waals surface area contributed by atoms with Crippen LogP contribution in [0.25, 0.3) is 0 Å². The van der Waals surface area contributed by atoms with Gasteiger partial charge < -0.3 is 9.64 Å². The molecule has 1 unspecified atom stereocenters. The van der Waals surface area contributed by atoms with Crippen molar-refractivity contribution in [1.29, 1.82) is 5.26 Å². The van der Waals surface area contributed by atoms with Gasteiger partial charge in [0.15, 0.2) is 5.60 Å². The molecule has 1 fully saturated rings. The Balaban J connectivity index is 2.48. The van der Waals surface area contributed by atoms with Crippen molar-refractivity contribution in [3.63, 3.8) is 0 Å². The zero-order valence-electron chi connectivity index (χ0n) is 11.7. The summed E-state index contributed by atoms with van der Waals surface area (Å²) in [4.78, 5) is 13.9. The van der Waals surface area contributed by atoms with Gasteiger partial charge in [-0.3, -0.25) is 4.79 Å². The van der Waals surface area contributed by atoms with Crippen LogP contribution >= 0.6 is 0 Å². The number of amides is 1. The lowest BCUT2D eigenvalue weighted by Crippen LogP contribution is -2.47. The second-order valence-electron chi connectivity index (χ2n) is 5.14. The number of nitrogens with zero attached hydrogens (tertiary/aromatic N) is 2. The van der Waals surface area contributed by atoms with Gasteiger partial charge in [-0.05, 0) is 12.8 Å². The maximum atomic E-state index is 12.0. The summed E-state index contributed by atoms with van der Waals surface area (Å²) in [6.45, 7) is 7.94. The largest absolute Gasteiger partial charge is 0.360 e. The van der Waals surface area contributed by atoms with Crippen LogP contribution in [-0.2, 0) is 9.53 Å². The van der Waals surface area contributed by atoms with Crippen molar-refractivity contribution < 1.29 is 9.53 Å². The minimum absolute atomic E-state index is 0.215. The highest BCUT2D eigenvalue weighted by atomic mass is 16.5. The molecule has 102 valence electrons. The minimum Gasteiger partial charge on any atom is -0.360 e. The summed E-state index contributed by atoms with van der Waals surface area (Å²) in [5.74, 6) is 0.652. The molecule has 0 bridgehead atoms. The normalized spacial score (nSPS) is 20.2. The molecule has 18 heavy (non-hydrogen) atoms. The predicted molar refractivity (Wildman–Crippen MR) is 69.9 cm³/mol. The number of hydrogen-bond donors (Lipinski definition) is 0. The molecule has 1 amide bonds. The van der Waals surface area contributed by atoms with Crippen LogP contribution in [0.3, 0.4) is 0 Å². The van der Waals surface area contributed by atoms with Crippen LogP contribution in [0.5, 0.6) is 0 Å². The lowest BCUT2D eigenvalue weighted by Gasteiger charge is -2.37. The monoisotopic (exact) mass is 252 g/mol. The van der Waals surface area contributed by atoms with Gasteiger partial charge >= 0.3 is 0 Å². The predicted octanol–water partition coefficient (Wildman–Crippen LogP) is 2.34. The van der Waals surface area contributed by atoms with Gasteiger partial charge in [0.1, 0.15) is 0 Å². The first-order valence-electron chi connectivity index (χ1n) is 6.90. The van der Waals surface area contributed by atoms with Gasteiger partial charge in [-0.2, -0.15) is 5.26 Å². The summed E-state index contributed by atoms with van der Waals surface area (Å²) in [6.07, 6.45) is 2.90. The van der Waals surface area contributed by atoms with E-state index in [1.54, 1.807) is 0 Å². The first-order chi connectivity index (χ1) is 8.56. The number of rotatable bonds is 5. The molecule has 1 heterocycles. The highest BCUT2D eigenvalue weighted by molar-refractivity contribution is 5.76. The van der Waals surface area contributed by atoms with E-state index in [0.29, 0.717) is 44.9 Å². The summed E-state index contributed by atoms with van der Waals surface area (Å²) in [7, 11) is 0. The molecule has 0 saturated carbocycles. The summed E-state index contributed by atoms with van der Waals surface area (Å²) >= 11 is 0. The van der Waals surface area contributed by atoms with Crippen molar-refractivity contribution in [1.82, 2.24) is 4.90 Å². The first kappa shape index (κ1) is 15.0. The average Bonchev–Trinajstić information content (AvgIpc) is 2.39. The molecule has 0 radical (unpaired) electrons. The van der Waals surface area contributed by atoms with E-state index in [1.165, 1.54) is 0 Å². The van der Waals surface area contributed by atoms with Gasteiger partial charge in [0.2, 0.25) is 5.91 Å². The van der Waals surface area contributed by atoms with Gasteiger partial charge in [0.05, 0.1) is 6.07 Å². The third kappa shape index (κ3) is 3.71. The minimum atomic E-state index is -0.665. The number of carbonyl (C=O) groups excluding carboxylic acids is 1. The topological polar surface area (TPSA) is 53.3 Å². The van der Waals surface area contributed by atoms with Crippen LogP contribution < -0.4 is 0 Å². The molecule has 0 spiro atoms. The first-order valence-corrected chi connectivity index (χ1v) is 6.90. The Morgan fingerprint density at radius 2 is 2.06 bits per heavy atom. The molecule has 0 aromatic rings. The van der Waals surface area contributed by atoms with Gasteiger partial charge in [0.25, 0.3) is 0 Å². The van der Waals surface area contributed by atoms with Gasteiger partial charge in [-0.1, -0.05) is 20.3 Å². The van der Waals surface area contributed by atoms with Crippen LogP contribution in [0.2, 0.25) is 0 Å². The molecule has 0 aromatic heterocycles. The fourth-order valence-corrected chi connectivity index (χ4v) is 2.25. The Labute approximate surface area is 110 Å². The Bertz CT molecular complexity index is 314. The number of nitriles is 1. The van der Waals surface area contributed by atoms with E-state index in [0.717, 1.165) is 6.42 Å². The Kier molecular flexibility index (Phi) is 5.61. The number of hydrogen-bond acceptors (Lipinski definition) is 3. The quantitative estimate of drug-likeness (QED) is 0.754. The van der Waals surface area contributed by atoms with Crippen molar-refractivity contribution in [3.8, 4) is 6.07 Å².